The van der Waals surface area contributed by atoms with Crippen LogP contribution in [0.3, 0.4) is 0 Å². The van der Waals surface area contributed by atoms with Crippen LogP contribution in [0.25, 0.3) is 5.57 Å². The predicted molar refractivity (Wildman–Crippen MR) is 79.6 cm³/mol. The average molecular weight is 244 g/mol. The van der Waals surface area contributed by atoms with Crippen molar-refractivity contribution in [1.29, 1.82) is 0 Å². The molecular weight excluding hydrogens is 220 g/mol. The molecule has 0 amide bonds. The van der Waals surface area contributed by atoms with Crippen LogP contribution in [0, 0.1) is 0 Å². The Morgan fingerprint density at radius 3 is 2.44 bits per heavy atom. The van der Waals surface area contributed by atoms with Crippen molar-refractivity contribution in [2.75, 3.05) is 25.9 Å². The molecule has 0 atom stereocenters. The highest BCUT2D eigenvalue weighted by Gasteiger charge is 2.17. The molecule has 98 valence electrons. The SMILES string of the molecule is CN1CC=C(c2cc(N)cc(C(C)(C)C)c2)CC1. The summed E-state index contributed by atoms with van der Waals surface area (Å²) in [6.07, 6.45) is 3.44. The van der Waals surface area contributed by atoms with Gasteiger partial charge in [0.25, 0.3) is 0 Å². The summed E-state index contributed by atoms with van der Waals surface area (Å²) < 4.78 is 0. The molecule has 0 radical (unpaired) electrons. The number of benzene rings is 1. The van der Waals surface area contributed by atoms with Crippen molar-refractivity contribution in [3.8, 4) is 0 Å². The van der Waals surface area contributed by atoms with E-state index in [1.807, 2.05) is 0 Å². The molecule has 1 aromatic rings. The van der Waals surface area contributed by atoms with Gasteiger partial charge < -0.3 is 10.6 Å². The number of likely N-dealkylation sites (N-methyl/N-ethyl adjacent to an activating group) is 1. The van der Waals surface area contributed by atoms with E-state index >= 15 is 0 Å². The summed E-state index contributed by atoms with van der Waals surface area (Å²) >= 11 is 0. The van der Waals surface area contributed by atoms with Crippen molar-refractivity contribution in [3.05, 3.63) is 35.4 Å². The maximum absolute atomic E-state index is 6.05. The second-order valence-corrected chi connectivity index (χ2v) is 6.34. The number of hydrogen-bond donors (Lipinski definition) is 1. The van der Waals surface area contributed by atoms with Crippen LogP contribution in [0.15, 0.2) is 24.3 Å². The zero-order valence-electron chi connectivity index (χ0n) is 12.0. The zero-order valence-corrected chi connectivity index (χ0v) is 12.0. The molecule has 1 aliphatic rings. The molecule has 0 aliphatic carbocycles. The molecule has 2 rings (SSSR count). The molecule has 0 spiro atoms. The van der Waals surface area contributed by atoms with E-state index in [1.165, 1.54) is 16.7 Å². The number of hydrogen-bond acceptors (Lipinski definition) is 2. The third-order valence-corrected chi connectivity index (χ3v) is 3.60. The first-order valence-corrected chi connectivity index (χ1v) is 6.65. The molecule has 1 aliphatic heterocycles. The van der Waals surface area contributed by atoms with E-state index in [1.54, 1.807) is 0 Å². The van der Waals surface area contributed by atoms with Gasteiger partial charge in [0.1, 0.15) is 0 Å². The molecule has 2 nitrogen and oxygen atoms in total. The Bertz CT molecular complexity index is 466. The first kappa shape index (κ1) is 13.2. The quantitative estimate of drug-likeness (QED) is 0.768. The average Bonchev–Trinajstić information content (AvgIpc) is 2.28. The van der Waals surface area contributed by atoms with Crippen LogP contribution < -0.4 is 5.73 Å². The lowest BCUT2D eigenvalue weighted by Crippen LogP contribution is -2.23. The van der Waals surface area contributed by atoms with Crippen LogP contribution in [0.2, 0.25) is 0 Å². The molecular formula is C16H24N2. The number of nitrogen functional groups attached to an aromatic ring is 1. The van der Waals surface area contributed by atoms with E-state index in [-0.39, 0.29) is 5.41 Å². The van der Waals surface area contributed by atoms with Gasteiger partial charge in [0, 0.05) is 18.8 Å². The second-order valence-electron chi connectivity index (χ2n) is 6.34. The zero-order chi connectivity index (χ0) is 13.3. The lowest BCUT2D eigenvalue weighted by molar-refractivity contribution is 0.370. The van der Waals surface area contributed by atoms with Crippen LogP contribution >= 0.6 is 0 Å². The van der Waals surface area contributed by atoms with Gasteiger partial charge in [-0.05, 0) is 47.7 Å². The molecule has 0 bridgehead atoms. The van der Waals surface area contributed by atoms with Gasteiger partial charge in [-0.2, -0.15) is 0 Å². The van der Waals surface area contributed by atoms with Gasteiger partial charge in [0.2, 0.25) is 0 Å². The lowest BCUT2D eigenvalue weighted by Gasteiger charge is -2.24. The summed E-state index contributed by atoms with van der Waals surface area (Å²) in [5, 5.41) is 0. The normalized spacial score (nSPS) is 17.7. The standard InChI is InChI=1S/C16H24N2/c1-16(2,3)14-9-13(10-15(17)11-14)12-5-7-18(4)8-6-12/h5,9-11H,6-8,17H2,1-4H3. The van der Waals surface area contributed by atoms with Gasteiger partial charge in [-0.25, -0.2) is 0 Å². The maximum atomic E-state index is 6.05. The van der Waals surface area contributed by atoms with E-state index in [2.05, 4.69) is 57.0 Å². The van der Waals surface area contributed by atoms with Crippen molar-refractivity contribution >= 4 is 11.3 Å². The van der Waals surface area contributed by atoms with Gasteiger partial charge >= 0.3 is 0 Å². The fraction of sp³-hybridized carbons (Fsp3) is 0.500. The van der Waals surface area contributed by atoms with Crippen molar-refractivity contribution in [2.45, 2.75) is 32.6 Å². The van der Waals surface area contributed by atoms with Crippen molar-refractivity contribution in [3.63, 3.8) is 0 Å². The molecule has 1 aromatic carbocycles. The van der Waals surface area contributed by atoms with E-state index in [9.17, 15) is 0 Å². The minimum Gasteiger partial charge on any atom is -0.399 e. The highest BCUT2D eigenvalue weighted by atomic mass is 15.1. The Labute approximate surface area is 110 Å². The van der Waals surface area contributed by atoms with Crippen molar-refractivity contribution in [1.82, 2.24) is 4.90 Å². The molecule has 0 fully saturated rings. The summed E-state index contributed by atoms with van der Waals surface area (Å²) in [6, 6.07) is 6.50. The molecule has 1 heterocycles. The molecule has 0 saturated carbocycles. The summed E-state index contributed by atoms with van der Waals surface area (Å²) in [6.45, 7) is 8.86. The van der Waals surface area contributed by atoms with Crippen molar-refractivity contribution in [2.24, 2.45) is 0 Å². The van der Waals surface area contributed by atoms with Gasteiger partial charge in [-0.15, -0.1) is 0 Å². The fourth-order valence-electron chi connectivity index (χ4n) is 2.30. The molecule has 0 aromatic heterocycles. The summed E-state index contributed by atoms with van der Waals surface area (Å²) in [5.41, 5.74) is 11.1. The van der Waals surface area contributed by atoms with Crippen LogP contribution in [-0.2, 0) is 5.41 Å². The minimum absolute atomic E-state index is 0.149. The van der Waals surface area contributed by atoms with Gasteiger partial charge in [-0.1, -0.05) is 32.9 Å². The monoisotopic (exact) mass is 244 g/mol. The highest BCUT2D eigenvalue weighted by Crippen LogP contribution is 2.30. The van der Waals surface area contributed by atoms with E-state index in [0.717, 1.165) is 25.2 Å². The molecule has 0 saturated heterocycles. The van der Waals surface area contributed by atoms with Crippen LogP contribution in [0.1, 0.15) is 38.3 Å². The van der Waals surface area contributed by atoms with Crippen LogP contribution in [0.5, 0.6) is 0 Å². The number of anilines is 1. The number of rotatable bonds is 1. The predicted octanol–water partition coefficient (Wildman–Crippen LogP) is 3.29. The fourth-order valence-corrected chi connectivity index (χ4v) is 2.30. The molecule has 2 heteroatoms. The van der Waals surface area contributed by atoms with Gasteiger partial charge in [0.15, 0.2) is 0 Å². The van der Waals surface area contributed by atoms with Crippen LogP contribution in [-0.4, -0.2) is 25.0 Å². The Kier molecular flexibility index (Phi) is 3.49. The van der Waals surface area contributed by atoms with E-state index in [0.29, 0.717) is 0 Å². The number of nitrogens with zero attached hydrogens (tertiary/aromatic N) is 1. The largest absolute Gasteiger partial charge is 0.399 e. The molecule has 2 N–H and O–H groups in total. The summed E-state index contributed by atoms with van der Waals surface area (Å²) in [7, 11) is 2.16. The lowest BCUT2D eigenvalue weighted by atomic mass is 9.84. The van der Waals surface area contributed by atoms with E-state index < -0.39 is 0 Å². The van der Waals surface area contributed by atoms with E-state index in [4.69, 9.17) is 5.73 Å². The minimum atomic E-state index is 0.149. The highest BCUT2D eigenvalue weighted by molar-refractivity contribution is 5.70. The van der Waals surface area contributed by atoms with Gasteiger partial charge in [0.05, 0.1) is 0 Å². The smallest absolute Gasteiger partial charge is 0.0323 e. The third kappa shape index (κ3) is 2.94. The first-order chi connectivity index (χ1) is 8.36. The molecule has 0 unspecified atom stereocenters. The Hall–Kier alpha value is -1.28. The summed E-state index contributed by atoms with van der Waals surface area (Å²) in [5.74, 6) is 0. The first-order valence-electron chi connectivity index (χ1n) is 6.65. The Morgan fingerprint density at radius 1 is 1.17 bits per heavy atom. The van der Waals surface area contributed by atoms with Crippen LogP contribution in [0.4, 0.5) is 5.69 Å². The van der Waals surface area contributed by atoms with Crippen molar-refractivity contribution < 1.29 is 0 Å². The summed E-state index contributed by atoms with van der Waals surface area (Å²) in [4.78, 5) is 2.33. The topological polar surface area (TPSA) is 29.3 Å². The Morgan fingerprint density at radius 2 is 1.89 bits per heavy atom. The van der Waals surface area contributed by atoms with Gasteiger partial charge in [-0.3, -0.25) is 0 Å². The number of nitrogens with two attached hydrogens (primary N) is 1. The third-order valence-electron chi connectivity index (χ3n) is 3.60. The maximum Gasteiger partial charge on any atom is 0.0323 e. The molecule has 18 heavy (non-hydrogen) atoms. The second kappa shape index (κ2) is 4.77. The Balaban J connectivity index is 2.37.